The molecule has 3 aliphatic rings. The van der Waals surface area contributed by atoms with Gasteiger partial charge in [0.1, 0.15) is 90.3 Å². The van der Waals surface area contributed by atoms with Gasteiger partial charge < -0.3 is 137 Å². The van der Waals surface area contributed by atoms with Crippen LogP contribution >= 0.6 is 25.3 Å². The lowest BCUT2D eigenvalue weighted by molar-refractivity contribution is -0.145. The third-order valence-corrected chi connectivity index (χ3v) is 23.1. The van der Waals surface area contributed by atoms with Crippen molar-refractivity contribution in [1.29, 1.82) is 0 Å². The molecule has 3 fully saturated rings. The number of carboxylic acids is 4. The number of phenols is 1. The van der Waals surface area contributed by atoms with Crippen LogP contribution in [0.25, 0.3) is 10.9 Å². The number of fused-ring (bicyclic) bond motifs is 1. The van der Waals surface area contributed by atoms with Crippen molar-refractivity contribution in [1.82, 2.24) is 88.8 Å². The summed E-state index contributed by atoms with van der Waals surface area (Å²) in [6.45, 7) is 4.35. The average Bonchev–Trinajstić information content (AvgIpc) is 1.63. The summed E-state index contributed by atoms with van der Waals surface area (Å²) in [5, 5.41) is 92.8. The van der Waals surface area contributed by atoms with Crippen LogP contribution in [0.3, 0.4) is 0 Å². The van der Waals surface area contributed by atoms with Gasteiger partial charge >= 0.3 is 23.9 Å². The van der Waals surface area contributed by atoms with E-state index >= 15 is 4.79 Å². The van der Waals surface area contributed by atoms with Gasteiger partial charge in [-0.2, -0.15) is 25.3 Å². The highest BCUT2D eigenvalue weighted by Crippen LogP contribution is 2.26. The first-order valence-corrected chi connectivity index (χ1v) is 44.9. The maximum Gasteiger partial charge on any atom is 0.327 e. The third kappa shape index (κ3) is 33.8. The van der Waals surface area contributed by atoms with Crippen molar-refractivity contribution in [3.63, 3.8) is 0 Å². The van der Waals surface area contributed by atoms with Crippen LogP contribution in [-0.4, -0.2) is 323 Å². The average molecular weight is 1890 g/mol. The highest BCUT2D eigenvalue weighted by molar-refractivity contribution is 7.80. The highest BCUT2D eigenvalue weighted by atomic mass is 32.1. The molecule has 0 radical (unpaired) electrons. The Hall–Kier alpha value is -12.3. The maximum atomic E-state index is 15.0. The number of phenolic OH excluding ortho intramolecular Hbond substituents is 1. The lowest BCUT2D eigenvalue weighted by Crippen LogP contribution is -2.61. The van der Waals surface area contributed by atoms with E-state index < -0.39 is 260 Å². The van der Waals surface area contributed by atoms with E-state index in [9.17, 15) is 122 Å². The number of unbranched alkanes of at least 4 members (excludes halogenated alkanes) is 2. The van der Waals surface area contributed by atoms with Crippen molar-refractivity contribution in [2.75, 3.05) is 57.3 Å². The number of amides is 16. The molecule has 16 atom stereocenters. The standard InChI is InChI=1S/C84H124N20O26S2/c1-43(2)34-56(75(120)95-55(17-8-10-30-86)82(127)103-32-12-19-62(103)81(126)99-58(36-47-38-88-51-15-6-5-14-49(47)51)77(122)97-57(35-46-21-23-48(106)24-22-46)76(121)100-60(42-132)84(129)130)96-74(119)54(26-28-67(111)112)92-70(115)44(3)91-64(107)39-89-72(117)53(25-27-66(109)110)94-80(125)63-20-13-33-104(63)83(128)69(45(4)105)101-78(123)59(37-68(113)114)98-73(118)52(16-7-9-29-85)93-79(124)61-18-11-31-102(61)65(108)40-90-71(116)50(87)41-131/h5-6,14-15,21-24,38,43-45,50,52-63,69,88,105-106,131-132H,7-13,16-20,25-37,39-42,85-87H2,1-4H3,(H,89,117)(H,90,116)(H,91,107)(H,92,115)(H,93,124)(H,94,125)(H,95,120)(H,96,119)(H,97,122)(H,98,118)(H,99,126)(H,100,121)(H,101,123)(H,109,110)(H,111,112)(H,113,114)(H,129,130)/t44-,45+,50-,52-,53-,54-,55-,56-,57-,58-,59-,60-,61-,62-,63-,69-/m0/s1. The second-order valence-electron chi connectivity index (χ2n) is 33.0. The number of hydrogen-bond acceptors (Lipinski definition) is 27. The Balaban J connectivity index is 1.10. The SMILES string of the molecule is CC(C)C[C@H](NC(=O)[C@H](CCC(=O)O)NC(=O)[C@H](C)NC(=O)CNC(=O)[C@H](CCC(=O)O)NC(=O)[C@@H]1CCCN1C(=O)[C@@H](NC(=O)[C@H](CC(=O)O)NC(=O)[C@H](CCCCN)NC(=O)[C@@H]1CCCN1C(=O)CNC(=O)[C@@H](N)CS)[C@@H](C)O)C(=O)N[C@@H](CCCCN)C(=O)N1CCC[C@H]1C(=O)N[C@@H](Cc1c[nH]c2ccccc12)C(=O)N[C@@H](Cc1ccc(O)cc1)C(=O)N[C@@H](CS)C(=O)O. The molecule has 2 aromatic carbocycles. The molecule has 0 spiro atoms. The molecule has 0 bridgehead atoms. The van der Waals surface area contributed by atoms with Crippen LogP contribution in [0.4, 0.5) is 0 Å². The number of thiol groups is 2. The molecule has 1 aromatic heterocycles. The number of aliphatic hydroxyl groups is 1. The predicted molar refractivity (Wildman–Crippen MR) is 477 cm³/mol. The summed E-state index contributed by atoms with van der Waals surface area (Å²) in [5.74, 6) is -22.1. The van der Waals surface area contributed by atoms with Gasteiger partial charge in [0.2, 0.25) is 94.5 Å². The van der Waals surface area contributed by atoms with Crippen LogP contribution in [0.1, 0.15) is 154 Å². The first-order chi connectivity index (χ1) is 62.6. The topological polar surface area (TPSA) is 723 Å². The Morgan fingerprint density at radius 1 is 0.462 bits per heavy atom. The van der Waals surface area contributed by atoms with E-state index in [1.54, 1.807) is 44.3 Å². The zero-order valence-corrected chi connectivity index (χ0v) is 75.6. The molecule has 0 saturated carbocycles. The summed E-state index contributed by atoms with van der Waals surface area (Å²) in [5.41, 5.74) is 18.9. The molecular formula is C84H124N20O26S2. The van der Waals surface area contributed by atoms with Gasteiger partial charge in [0.05, 0.1) is 31.7 Å². The molecule has 0 aliphatic carbocycles. The molecule has 16 amide bonds. The lowest BCUT2D eigenvalue weighted by Gasteiger charge is -2.32. The number of aromatic hydroxyl groups is 1. The van der Waals surface area contributed by atoms with Crippen LogP contribution < -0.4 is 86.3 Å². The zero-order valence-electron chi connectivity index (χ0n) is 73.8. The van der Waals surface area contributed by atoms with Gasteiger partial charge in [-0.25, -0.2) is 4.79 Å². The minimum absolute atomic E-state index is 0.0157. The number of aliphatic hydroxyl groups excluding tert-OH is 1. The van der Waals surface area contributed by atoms with E-state index in [4.69, 9.17) is 17.2 Å². The Kier molecular flexibility index (Phi) is 44.3. The Morgan fingerprint density at radius 3 is 1.45 bits per heavy atom. The van der Waals surface area contributed by atoms with E-state index in [-0.39, 0.29) is 133 Å². The minimum atomic E-state index is -1.99. The number of aliphatic carboxylic acids is 4. The molecule has 4 heterocycles. The van der Waals surface area contributed by atoms with Gasteiger partial charge in [-0.1, -0.05) is 44.2 Å². The summed E-state index contributed by atoms with van der Waals surface area (Å²) in [4.78, 5) is 280. The monoisotopic (exact) mass is 1890 g/mol. The second kappa shape index (κ2) is 53.9. The second-order valence-corrected chi connectivity index (χ2v) is 33.8. The van der Waals surface area contributed by atoms with Crippen LogP contribution in [0.5, 0.6) is 5.75 Å². The number of H-pyrrole nitrogens is 1. The molecule has 3 saturated heterocycles. The quantitative estimate of drug-likeness (QED) is 0.0185. The van der Waals surface area contributed by atoms with E-state index in [2.05, 4.69) is 99.4 Å². The normalized spacial score (nSPS) is 17.7. The fourth-order valence-corrected chi connectivity index (χ4v) is 15.6. The molecule has 48 heteroatoms. The van der Waals surface area contributed by atoms with Gasteiger partial charge in [-0.3, -0.25) is 91.1 Å². The number of carboxylic acid groups (broad SMARTS) is 4. The fraction of sp³-hybridized carbons (Fsp3) is 0.595. The van der Waals surface area contributed by atoms with Gasteiger partial charge in [0.25, 0.3) is 0 Å². The smallest absolute Gasteiger partial charge is 0.327 e. The summed E-state index contributed by atoms with van der Waals surface area (Å²) in [6.07, 6.45) is -2.61. The number of nitrogens with one attached hydrogen (secondary N) is 14. The number of likely N-dealkylation sites (tertiary alicyclic amines) is 3. The largest absolute Gasteiger partial charge is 0.508 e. The molecule has 6 rings (SSSR count). The fourth-order valence-electron chi connectivity index (χ4n) is 15.2. The summed E-state index contributed by atoms with van der Waals surface area (Å²) < 4.78 is 0. The van der Waals surface area contributed by atoms with Crippen molar-refractivity contribution in [2.45, 2.75) is 253 Å². The maximum absolute atomic E-state index is 15.0. The van der Waals surface area contributed by atoms with Gasteiger partial charge in [0.15, 0.2) is 0 Å². The van der Waals surface area contributed by atoms with Crippen molar-refractivity contribution in [3.05, 3.63) is 65.9 Å². The number of carbonyl (C=O) groups excluding carboxylic acids is 16. The van der Waals surface area contributed by atoms with Crippen molar-refractivity contribution in [3.8, 4) is 5.75 Å². The number of benzene rings is 2. The molecule has 26 N–H and O–H groups in total. The van der Waals surface area contributed by atoms with Crippen molar-refractivity contribution >= 4 is 155 Å². The minimum Gasteiger partial charge on any atom is -0.508 e. The molecule has 0 unspecified atom stereocenters. The summed E-state index contributed by atoms with van der Waals surface area (Å²) in [6, 6.07) is -9.89. The van der Waals surface area contributed by atoms with E-state index in [1.807, 2.05) is 0 Å². The summed E-state index contributed by atoms with van der Waals surface area (Å²) >= 11 is 8.03. The molecule has 46 nitrogen and oxygen atoms in total. The number of para-hydroxylation sites is 1. The Labute approximate surface area is 771 Å². The first-order valence-electron chi connectivity index (χ1n) is 43.7. The number of aromatic amines is 1. The van der Waals surface area contributed by atoms with Crippen molar-refractivity contribution < 1.29 is 127 Å². The molecule has 132 heavy (non-hydrogen) atoms. The first kappa shape index (κ1) is 108. The number of hydrogen-bond donors (Lipinski definition) is 25. The number of aromatic nitrogens is 1. The third-order valence-electron chi connectivity index (χ3n) is 22.3. The van der Waals surface area contributed by atoms with E-state index in [1.165, 1.54) is 34.1 Å². The number of nitrogens with two attached hydrogens (primary N) is 3. The van der Waals surface area contributed by atoms with E-state index in [0.29, 0.717) is 41.3 Å². The van der Waals surface area contributed by atoms with Crippen LogP contribution in [0.2, 0.25) is 0 Å². The van der Waals surface area contributed by atoms with Crippen LogP contribution in [0, 0.1) is 5.92 Å². The number of nitrogens with zero attached hydrogens (tertiary/aromatic N) is 3. The predicted octanol–water partition coefficient (Wildman–Crippen LogP) is -5.62. The van der Waals surface area contributed by atoms with Crippen molar-refractivity contribution in [2.24, 2.45) is 23.1 Å². The van der Waals surface area contributed by atoms with Gasteiger partial charge in [-0.05, 0) is 158 Å². The van der Waals surface area contributed by atoms with Gasteiger partial charge in [0, 0.05) is 73.9 Å². The molecule has 728 valence electrons. The van der Waals surface area contributed by atoms with E-state index in [0.717, 1.165) is 18.7 Å². The zero-order chi connectivity index (χ0) is 97.8. The number of rotatable bonds is 55. The molecular weight excluding hydrogens is 1770 g/mol. The molecule has 3 aromatic rings. The molecule has 3 aliphatic heterocycles. The number of carbonyl (C=O) groups is 20. The summed E-state index contributed by atoms with van der Waals surface area (Å²) in [7, 11) is 0. The van der Waals surface area contributed by atoms with Gasteiger partial charge in [-0.15, -0.1) is 0 Å². The highest BCUT2D eigenvalue weighted by Gasteiger charge is 2.45. The van der Waals surface area contributed by atoms with Crippen LogP contribution in [0.15, 0.2) is 54.7 Å². The van der Waals surface area contributed by atoms with Crippen LogP contribution in [-0.2, 0) is 109 Å². The lowest BCUT2D eigenvalue weighted by atomic mass is 10.0. The Morgan fingerprint density at radius 2 is 0.917 bits per heavy atom. The Bertz CT molecular complexity index is 4580.